The van der Waals surface area contributed by atoms with E-state index in [1.807, 2.05) is 17.9 Å². The van der Waals surface area contributed by atoms with Gasteiger partial charge in [0.15, 0.2) is 0 Å². The summed E-state index contributed by atoms with van der Waals surface area (Å²) >= 11 is 0. The van der Waals surface area contributed by atoms with Crippen LogP contribution >= 0.6 is 0 Å². The minimum Gasteiger partial charge on any atom is -0.469 e. The van der Waals surface area contributed by atoms with Gasteiger partial charge in [-0.3, -0.25) is 14.9 Å². The molecule has 1 aliphatic carbocycles. The molecule has 0 spiro atoms. The summed E-state index contributed by atoms with van der Waals surface area (Å²) in [5.41, 5.74) is 0.363. The number of methoxy groups -OCH3 is 1. The van der Waals surface area contributed by atoms with E-state index in [0.717, 1.165) is 31.2 Å². The molecule has 0 bridgehead atoms. The number of nitro benzene ring substituents is 1. The van der Waals surface area contributed by atoms with E-state index in [-0.39, 0.29) is 35.0 Å². The number of hydrogen-bond donors (Lipinski definition) is 1. The van der Waals surface area contributed by atoms with E-state index in [1.54, 1.807) is 26.0 Å². The molecule has 1 aliphatic rings. The highest BCUT2D eigenvalue weighted by Crippen LogP contribution is 2.37. The number of nitrogens with zero attached hydrogens (tertiary/aromatic N) is 2. The molecule has 0 saturated heterocycles. The number of anilines is 1. The molecular weight excluding hydrogens is 372 g/mol. The number of rotatable bonds is 9. The van der Waals surface area contributed by atoms with Crippen molar-refractivity contribution in [3.63, 3.8) is 0 Å². The summed E-state index contributed by atoms with van der Waals surface area (Å²) < 4.78 is 4.77. The molecule has 1 aromatic rings. The molecule has 1 aromatic carbocycles. The minimum absolute atomic E-state index is 0.0284. The van der Waals surface area contributed by atoms with Crippen molar-refractivity contribution in [1.29, 1.82) is 0 Å². The van der Waals surface area contributed by atoms with Crippen LogP contribution in [0.3, 0.4) is 0 Å². The summed E-state index contributed by atoms with van der Waals surface area (Å²) in [7, 11) is 1.35. The molecule has 0 heterocycles. The normalized spacial score (nSPS) is 16.3. The number of carbonyl (C=O) groups is 1. The van der Waals surface area contributed by atoms with E-state index in [4.69, 9.17) is 4.74 Å². The van der Waals surface area contributed by atoms with E-state index in [0.29, 0.717) is 18.7 Å². The van der Waals surface area contributed by atoms with Gasteiger partial charge >= 0.3 is 5.97 Å². The van der Waals surface area contributed by atoms with Crippen molar-refractivity contribution in [2.45, 2.75) is 83.3 Å². The van der Waals surface area contributed by atoms with Crippen molar-refractivity contribution >= 4 is 17.3 Å². The minimum atomic E-state index is -0.971. The molecule has 1 atom stereocenters. The van der Waals surface area contributed by atoms with Gasteiger partial charge < -0.3 is 14.7 Å². The van der Waals surface area contributed by atoms with Crippen molar-refractivity contribution < 1.29 is 19.6 Å². The molecule has 7 heteroatoms. The molecule has 0 radical (unpaired) electrons. The quantitative estimate of drug-likeness (QED) is 0.367. The number of hydrogen-bond acceptors (Lipinski definition) is 6. The summed E-state index contributed by atoms with van der Waals surface area (Å²) in [5.74, 6) is -0.456. The van der Waals surface area contributed by atoms with Crippen LogP contribution in [0.4, 0.5) is 11.4 Å². The molecule has 1 N–H and O–H groups in total. The van der Waals surface area contributed by atoms with E-state index >= 15 is 0 Å². The second kappa shape index (κ2) is 10.1. The van der Waals surface area contributed by atoms with Gasteiger partial charge in [-0.25, -0.2) is 0 Å². The first-order valence-electron chi connectivity index (χ1n) is 10.5. The predicted octanol–water partition coefficient (Wildman–Crippen LogP) is 4.56. The lowest BCUT2D eigenvalue weighted by molar-refractivity contribution is -0.384. The highest BCUT2D eigenvalue weighted by atomic mass is 16.6. The zero-order valence-electron chi connectivity index (χ0n) is 18.0. The predicted molar refractivity (Wildman–Crippen MR) is 113 cm³/mol. The standard InChI is InChI=1S/C22H34N2O5/c1-5-16(14-21(25)29-4)17-11-12-19(20(13-17)24(27)28)23(15-22(2,3)26)18-9-7-6-8-10-18/h11-13,16,18,26H,5-10,14-15H2,1-4H3/t16-/m0/s1. The van der Waals surface area contributed by atoms with Crippen molar-refractivity contribution in [3.05, 3.63) is 33.9 Å². The van der Waals surface area contributed by atoms with Crippen LogP contribution in [-0.4, -0.2) is 41.3 Å². The smallest absolute Gasteiger partial charge is 0.306 e. The Morgan fingerprint density at radius 3 is 2.52 bits per heavy atom. The lowest BCUT2D eigenvalue weighted by atomic mass is 9.90. The van der Waals surface area contributed by atoms with Crippen LogP contribution < -0.4 is 4.90 Å². The van der Waals surface area contributed by atoms with E-state index in [2.05, 4.69) is 0 Å². The Morgan fingerprint density at radius 1 is 1.34 bits per heavy atom. The van der Waals surface area contributed by atoms with Crippen LogP contribution in [0.25, 0.3) is 0 Å². The van der Waals surface area contributed by atoms with Crippen molar-refractivity contribution in [3.8, 4) is 0 Å². The van der Waals surface area contributed by atoms with Crippen molar-refractivity contribution in [2.24, 2.45) is 0 Å². The third-order valence-electron chi connectivity index (χ3n) is 5.68. The third-order valence-corrected chi connectivity index (χ3v) is 5.68. The molecule has 0 amide bonds. The maximum Gasteiger partial charge on any atom is 0.306 e. The van der Waals surface area contributed by atoms with Gasteiger partial charge in [0.2, 0.25) is 0 Å². The first-order valence-corrected chi connectivity index (χ1v) is 10.5. The number of benzene rings is 1. The monoisotopic (exact) mass is 406 g/mol. The first kappa shape index (κ1) is 23.1. The fourth-order valence-corrected chi connectivity index (χ4v) is 4.19. The van der Waals surface area contributed by atoms with Gasteiger partial charge in [-0.2, -0.15) is 0 Å². The van der Waals surface area contributed by atoms with Gasteiger partial charge in [0, 0.05) is 18.7 Å². The van der Waals surface area contributed by atoms with Gasteiger partial charge in [-0.05, 0) is 50.7 Å². The summed E-state index contributed by atoms with van der Waals surface area (Å²) in [6.45, 7) is 5.74. The lowest BCUT2D eigenvalue weighted by Crippen LogP contribution is -2.45. The second-order valence-electron chi connectivity index (χ2n) is 8.62. The summed E-state index contributed by atoms with van der Waals surface area (Å²) in [5, 5.41) is 22.4. The summed E-state index contributed by atoms with van der Waals surface area (Å²) in [4.78, 5) is 25.3. The topological polar surface area (TPSA) is 92.9 Å². The van der Waals surface area contributed by atoms with Gasteiger partial charge in [0.05, 0.1) is 24.1 Å². The molecule has 0 aliphatic heterocycles. The number of carbonyl (C=O) groups excluding carboxylic acids is 1. The maximum absolute atomic E-state index is 11.9. The van der Waals surface area contributed by atoms with Crippen LogP contribution in [0.15, 0.2) is 18.2 Å². The summed E-state index contributed by atoms with van der Waals surface area (Å²) in [6.07, 6.45) is 6.18. The Balaban J connectivity index is 2.44. The number of ether oxygens (including phenoxy) is 1. The fraction of sp³-hybridized carbons (Fsp3) is 0.682. The lowest BCUT2D eigenvalue weighted by Gasteiger charge is -2.39. The van der Waals surface area contributed by atoms with Crippen molar-refractivity contribution in [1.82, 2.24) is 0 Å². The Morgan fingerprint density at radius 2 is 2.00 bits per heavy atom. The molecule has 2 rings (SSSR count). The highest BCUT2D eigenvalue weighted by Gasteiger charge is 2.31. The van der Waals surface area contributed by atoms with Gasteiger partial charge in [-0.15, -0.1) is 0 Å². The Bertz CT molecular complexity index is 708. The number of aliphatic hydroxyl groups is 1. The van der Waals surface area contributed by atoms with E-state index < -0.39 is 5.60 Å². The van der Waals surface area contributed by atoms with E-state index in [1.165, 1.54) is 13.5 Å². The Kier molecular flexibility index (Phi) is 8.02. The first-order chi connectivity index (χ1) is 13.7. The zero-order chi connectivity index (χ0) is 21.6. The SMILES string of the molecule is CC[C@@H](CC(=O)OC)c1ccc(N(CC(C)(C)O)C2CCCCC2)c([N+](=O)[O-])c1. The number of nitro groups is 1. The molecule has 1 saturated carbocycles. The maximum atomic E-state index is 11.9. The molecule has 7 nitrogen and oxygen atoms in total. The fourth-order valence-electron chi connectivity index (χ4n) is 4.19. The van der Waals surface area contributed by atoms with Crippen LogP contribution in [0.1, 0.15) is 77.2 Å². The average molecular weight is 407 g/mol. The van der Waals surface area contributed by atoms with Crippen LogP contribution in [-0.2, 0) is 9.53 Å². The Labute approximate surface area is 173 Å². The van der Waals surface area contributed by atoms with E-state index in [9.17, 15) is 20.0 Å². The third kappa shape index (κ3) is 6.42. The Hall–Kier alpha value is -2.15. The second-order valence-corrected chi connectivity index (χ2v) is 8.62. The largest absolute Gasteiger partial charge is 0.469 e. The van der Waals surface area contributed by atoms with Gasteiger partial charge in [0.1, 0.15) is 5.69 Å². The number of esters is 1. The zero-order valence-corrected chi connectivity index (χ0v) is 18.0. The summed E-state index contributed by atoms with van der Waals surface area (Å²) in [6, 6.07) is 5.43. The van der Waals surface area contributed by atoms with Gasteiger partial charge in [0.25, 0.3) is 5.69 Å². The molecule has 29 heavy (non-hydrogen) atoms. The van der Waals surface area contributed by atoms with Crippen LogP contribution in [0.5, 0.6) is 0 Å². The van der Waals surface area contributed by atoms with Crippen LogP contribution in [0.2, 0.25) is 0 Å². The van der Waals surface area contributed by atoms with Crippen LogP contribution in [0, 0.1) is 10.1 Å². The highest BCUT2D eigenvalue weighted by molar-refractivity contribution is 5.71. The molecule has 162 valence electrons. The van der Waals surface area contributed by atoms with Crippen molar-refractivity contribution in [2.75, 3.05) is 18.6 Å². The molecule has 0 unspecified atom stereocenters. The average Bonchev–Trinajstić information content (AvgIpc) is 2.69. The van der Waals surface area contributed by atoms with Gasteiger partial charge in [-0.1, -0.05) is 32.3 Å². The molecule has 1 fully saturated rings. The molecular formula is C22H34N2O5. The molecule has 0 aromatic heterocycles.